The lowest BCUT2D eigenvalue weighted by molar-refractivity contribution is -0.119. The van der Waals surface area contributed by atoms with E-state index in [1.807, 2.05) is 38.1 Å². The summed E-state index contributed by atoms with van der Waals surface area (Å²) in [6.07, 6.45) is 0.727. The maximum absolute atomic E-state index is 13.1. The average molecular weight is 485 g/mol. The van der Waals surface area contributed by atoms with Gasteiger partial charge in [0.05, 0.1) is 0 Å². The number of halogens is 1. The number of nitrogens with one attached hydrogen (secondary N) is 2. The fourth-order valence-electron chi connectivity index (χ4n) is 3.24. The van der Waals surface area contributed by atoms with E-state index in [0.29, 0.717) is 20.7 Å². The van der Waals surface area contributed by atoms with Gasteiger partial charge in [-0.2, -0.15) is 0 Å². The molecule has 2 atom stereocenters. The smallest absolute Gasteiger partial charge is 0.251 e. The number of carbonyl (C=O) groups is 2. The van der Waals surface area contributed by atoms with E-state index >= 15 is 0 Å². The van der Waals surface area contributed by atoms with E-state index in [4.69, 9.17) is 11.6 Å². The van der Waals surface area contributed by atoms with Crippen molar-refractivity contribution in [3.63, 3.8) is 0 Å². The standard InChI is InChI=1S/C25H29ClN4O2S/c1-6-15(2)20(27-21(31)16-10-12-18(13-11-16)25(3,4)5)22(32)28-24-30-29-23(33-24)17-8-7-9-19(26)14-17/h7-15,20H,6H2,1-5H3,(H,27,31)(H,28,30,32)/t15-,20+/m0/s1. The van der Waals surface area contributed by atoms with Gasteiger partial charge in [-0.15, -0.1) is 10.2 Å². The Morgan fingerprint density at radius 1 is 1.09 bits per heavy atom. The lowest BCUT2D eigenvalue weighted by atomic mass is 9.86. The molecule has 8 heteroatoms. The van der Waals surface area contributed by atoms with Gasteiger partial charge in [0, 0.05) is 16.1 Å². The molecule has 0 bridgehead atoms. The van der Waals surface area contributed by atoms with Crippen LogP contribution in [0, 0.1) is 5.92 Å². The lowest BCUT2D eigenvalue weighted by Crippen LogP contribution is -2.47. The van der Waals surface area contributed by atoms with E-state index in [1.165, 1.54) is 11.3 Å². The second kappa shape index (κ2) is 10.4. The highest BCUT2D eigenvalue weighted by molar-refractivity contribution is 7.18. The van der Waals surface area contributed by atoms with Crippen LogP contribution in [0.15, 0.2) is 48.5 Å². The predicted octanol–water partition coefficient (Wildman–Crippen LogP) is 5.94. The molecule has 6 nitrogen and oxygen atoms in total. The molecule has 174 valence electrons. The molecule has 2 amide bonds. The molecular weight excluding hydrogens is 456 g/mol. The first-order chi connectivity index (χ1) is 15.6. The van der Waals surface area contributed by atoms with Crippen molar-refractivity contribution in [3.8, 4) is 10.6 Å². The largest absolute Gasteiger partial charge is 0.340 e. The maximum Gasteiger partial charge on any atom is 0.251 e. The minimum Gasteiger partial charge on any atom is -0.340 e. The molecule has 3 aromatic rings. The maximum atomic E-state index is 13.1. The van der Waals surface area contributed by atoms with Gasteiger partial charge in [0.1, 0.15) is 11.0 Å². The summed E-state index contributed by atoms with van der Waals surface area (Å²) in [6, 6.07) is 14.1. The number of rotatable bonds is 7. The molecule has 0 spiro atoms. The molecule has 0 radical (unpaired) electrons. The van der Waals surface area contributed by atoms with Crippen molar-refractivity contribution in [1.82, 2.24) is 15.5 Å². The van der Waals surface area contributed by atoms with E-state index < -0.39 is 6.04 Å². The molecule has 0 saturated heterocycles. The van der Waals surface area contributed by atoms with E-state index in [9.17, 15) is 9.59 Å². The Morgan fingerprint density at radius 2 is 1.79 bits per heavy atom. The highest BCUT2D eigenvalue weighted by Gasteiger charge is 2.27. The quantitative estimate of drug-likeness (QED) is 0.434. The number of hydrogen-bond acceptors (Lipinski definition) is 5. The number of nitrogens with zero attached hydrogens (tertiary/aromatic N) is 2. The summed E-state index contributed by atoms with van der Waals surface area (Å²) in [6.45, 7) is 10.3. The first-order valence-electron chi connectivity index (χ1n) is 10.9. The molecule has 0 fully saturated rings. The Balaban J connectivity index is 1.72. The van der Waals surface area contributed by atoms with Gasteiger partial charge in [-0.05, 0) is 41.2 Å². The lowest BCUT2D eigenvalue weighted by Gasteiger charge is -2.23. The molecule has 0 aliphatic rings. The van der Waals surface area contributed by atoms with Gasteiger partial charge in [0.15, 0.2) is 0 Å². The number of carbonyl (C=O) groups excluding carboxylic acids is 2. The minimum absolute atomic E-state index is 0.000167. The summed E-state index contributed by atoms with van der Waals surface area (Å²) in [5.74, 6) is -0.672. The van der Waals surface area contributed by atoms with Crippen molar-refractivity contribution in [2.24, 2.45) is 5.92 Å². The summed E-state index contributed by atoms with van der Waals surface area (Å²) >= 11 is 7.31. The van der Waals surface area contributed by atoms with Crippen LogP contribution in [-0.2, 0) is 10.2 Å². The molecule has 0 saturated carbocycles. The van der Waals surface area contributed by atoms with E-state index in [-0.39, 0.29) is 23.1 Å². The van der Waals surface area contributed by atoms with Crippen LogP contribution in [0.4, 0.5) is 5.13 Å². The third kappa shape index (κ3) is 6.39. The number of hydrogen-bond donors (Lipinski definition) is 2. The third-order valence-corrected chi connectivity index (χ3v) is 6.64. The van der Waals surface area contributed by atoms with Gasteiger partial charge >= 0.3 is 0 Å². The van der Waals surface area contributed by atoms with Gasteiger partial charge < -0.3 is 5.32 Å². The van der Waals surface area contributed by atoms with Crippen molar-refractivity contribution in [2.45, 2.75) is 52.5 Å². The Morgan fingerprint density at radius 3 is 2.39 bits per heavy atom. The average Bonchev–Trinajstić information content (AvgIpc) is 3.24. The second-order valence-electron chi connectivity index (χ2n) is 9.08. The SMILES string of the molecule is CC[C@H](C)[C@@H](NC(=O)c1ccc(C(C)(C)C)cc1)C(=O)Nc1nnc(-c2cccc(Cl)c2)s1. The van der Waals surface area contributed by atoms with Crippen LogP contribution in [0.2, 0.25) is 5.02 Å². The predicted molar refractivity (Wildman–Crippen MR) is 135 cm³/mol. The Labute approximate surface area is 203 Å². The summed E-state index contributed by atoms with van der Waals surface area (Å²) in [5, 5.41) is 15.5. The van der Waals surface area contributed by atoms with Crippen molar-refractivity contribution < 1.29 is 9.59 Å². The van der Waals surface area contributed by atoms with Gasteiger partial charge in [0.2, 0.25) is 11.0 Å². The summed E-state index contributed by atoms with van der Waals surface area (Å²) in [4.78, 5) is 25.9. The van der Waals surface area contributed by atoms with Gasteiger partial charge in [-0.25, -0.2) is 0 Å². The molecule has 2 N–H and O–H groups in total. The monoisotopic (exact) mass is 484 g/mol. The Bertz CT molecular complexity index is 1120. The van der Waals surface area contributed by atoms with Gasteiger partial charge in [0.25, 0.3) is 5.91 Å². The van der Waals surface area contributed by atoms with Crippen molar-refractivity contribution in [3.05, 3.63) is 64.7 Å². The zero-order chi connectivity index (χ0) is 24.2. The van der Waals surface area contributed by atoms with Gasteiger partial charge in [-0.1, -0.05) is 88.2 Å². The molecular formula is C25H29ClN4O2S. The first kappa shape index (κ1) is 24.9. The molecule has 3 rings (SSSR count). The fourth-order valence-corrected chi connectivity index (χ4v) is 4.18. The zero-order valence-electron chi connectivity index (χ0n) is 19.5. The van der Waals surface area contributed by atoms with Crippen molar-refractivity contribution in [1.29, 1.82) is 0 Å². The Kier molecular flexibility index (Phi) is 7.87. The van der Waals surface area contributed by atoms with E-state index in [2.05, 4.69) is 41.6 Å². The van der Waals surface area contributed by atoms with Crippen LogP contribution in [0.3, 0.4) is 0 Å². The van der Waals surface area contributed by atoms with Crippen LogP contribution in [0.5, 0.6) is 0 Å². The Hall–Kier alpha value is -2.77. The number of amides is 2. The molecule has 1 aromatic heterocycles. The van der Waals surface area contributed by atoms with Crippen LogP contribution in [-0.4, -0.2) is 28.1 Å². The normalized spacial score (nSPS) is 13.3. The highest BCUT2D eigenvalue weighted by atomic mass is 35.5. The molecule has 0 unspecified atom stereocenters. The van der Waals surface area contributed by atoms with E-state index in [0.717, 1.165) is 17.5 Å². The number of aromatic nitrogens is 2. The second-order valence-corrected chi connectivity index (χ2v) is 10.5. The zero-order valence-corrected chi connectivity index (χ0v) is 21.1. The molecule has 0 aliphatic carbocycles. The molecule has 33 heavy (non-hydrogen) atoms. The first-order valence-corrected chi connectivity index (χ1v) is 12.1. The van der Waals surface area contributed by atoms with Crippen molar-refractivity contribution in [2.75, 3.05) is 5.32 Å². The van der Waals surface area contributed by atoms with Crippen molar-refractivity contribution >= 4 is 39.9 Å². The number of anilines is 1. The van der Waals surface area contributed by atoms with Crippen LogP contribution in [0.25, 0.3) is 10.6 Å². The van der Waals surface area contributed by atoms with Crippen LogP contribution in [0.1, 0.15) is 57.0 Å². The topological polar surface area (TPSA) is 84.0 Å². The van der Waals surface area contributed by atoms with Crippen LogP contribution >= 0.6 is 22.9 Å². The molecule has 0 aliphatic heterocycles. The highest BCUT2D eigenvalue weighted by Crippen LogP contribution is 2.28. The number of benzene rings is 2. The molecule has 2 aromatic carbocycles. The van der Waals surface area contributed by atoms with Crippen LogP contribution < -0.4 is 10.6 Å². The summed E-state index contributed by atoms with van der Waals surface area (Å²) in [5.41, 5.74) is 2.48. The molecule has 1 heterocycles. The van der Waals surface area contributed by atoms with Gasteiger partial charge in [-0.3, -0.25) is 14.9 Å². The third-order valence-electron chi connectivity index (χ3n) is 5.52. The summed E-state index contributed by atoms with van der Waals surface area (Å²) in [7, 11) is 0. The fraction of sp³-hybridized carbons (Fsp3) is 0.360. The minimum atomic E-state index is -0.705. The van der Waals surface area contributed by atoms with E-state index in [1.54, 1.807) is 24.3 Å². The summed E-state index contributed by atoms with van der Waals surface area (Å²) < 4.78 is 0.